The van der Waals surface area contributed by atoms with Crippen LogP contribution in [-0.2, 0) is 13.1 Å². The molecular weight excluding hydrogens is 268 g/mol. The monoisotopic (exact) mass is 288 g/mol. The number of piperidine rings is 1. The van der Waals surface area contributed by atoms with E-state index >= 15 is 0 Å². The fourth-order valence-electron chi connectivity index (χ4n) is 2.59. The molecule has 1 saturated heterocycles. The zero-order valence-corrected chi connectivity index (χ0v) is 12.0. The molecule has 1 aliphatic heterocycles. The van der Waals surface area contributed by atoms with Crippen LogP contribution in [0.1, 0.15) is 41.3 Å². The number of likely N-dealkylation sites (tertiary alicyclic amines) is 1. The summed E-state index contributed by atoms with van der Waals surface area (Å²) in [5, 5.41) is 2.78. The number of hydrogen-bond acceptors (Lipinski definition) is 4. The first kappa shape index (κ1) is 13.9. The van der Waals surface area contributed by atoms with Crippen LogP contribution >= 0.6 is 0 Å². The Morgan fingerprint density at radius 2 is 2.00 bits per heavy atom. The van der Waals surface area contributed by atoms with E-state index in [1.165, 1.54) is 19.3 Å². The number of amides is 1. The fourth-order valence-corrected chi connectivity index (χ4v) is 2.59. The van der Waals surface area contributed by atoms with Crippen LogP contribution in [0.4, 0.5) is 0 Å². The van der Waals surface area contributed by atoms with Crippen molar-refractivity contribution in [2.45, 2.75) is 32.4 Å². The van der Waals surface area contributed by atoms with Crippen LogP contribution in [0, 0.1) is 0 Å². The summed E-state index contributed by atoms with van der Waals surface area (Å²) in [5.41, 5.74) is 0. The van der Waals surface area contributed by atoms with Gasteiger partial charge in [-0.25, -0.2) is 0 Å². The highest BCUT2D eigenvalue weighted by Crippen LogP contribution is 2.15. The molecule has 5 nitrogen and oxygen atoms in total. The van der Waals surface area contributed by atoms with E-state index in [4.69, 9.17) is 8.83 Å². The number of rotatable bonds is 5. The van der Waals surface area contributed by atoms with Crippen LogP contribution in [0.5, 0.6) is 0 Å². The van der Waals surface area contributed by atoms with Gasteiger partial charge in [-0.15, -0.1) is 0 Å². The predicted molar refractivity (Wildman–Crippen MR) is 77.7 cm³/mol. The van der Waals surface area contributed by atoms with Crippen LogP contribution in [-0.4, -0.2) is 23.9 Å². The lowest BCUT2D eigenvalue weighted by Gasteiger charge is -2.25. The maximum atomic E-state index is 12.0. The van der Waals surface area contributed by atoms with Gasteiger partial charge in [0.2, 0.25) is 0 Å². The van der Waals surface area contributed by atoms with Crippen LogP contribution in [0.15, 0.2) is 39.4 Å². The molecule has 1 fully saturated rings. The molecule has 0 saturated carbocycles. The van der Waals surface area contributed by atoms with Crippen molar-refractivity contribution in [2.75, 3.05) is 13.1 Å². The Kier molecular flexibility index (Phi) is 4.40. The van der Waals surface area contributed by atoms with Crippen molar-refractivity contribution in [2.24, 2.45) is 0 Å². The molecule has 5 heteroatoms. The summed E-state index contributed by atoms with van der Waals surface area (Å²) >= 11 is 0. The van der Waals surface area contributed by atoms with Gasteiger partial charge in [-0.1, -0.05) is 6.42 Å². The maximum absolute atomic E-state index is 12.0. The van der Waals surface area contributed by atoms with Gasteiger partial charge >= 0.3 is 0 Å². The Morgan fingerprint density at radius 3 is 2.76 bits per heavy atom. The number of furan rings is 2. The van der Waals surface area contributed by atoms with Gasteiger partial charge in [0.1, 0.15) is 11.5 Å². The maximum Gasteiger partial charge on any atom is 0.287 e. The molecule has 0 aliphatic carbocycles. The second kappa shape index (κ2) is 6.63. The topological polar surface area (TPSA) is 58.6 Å². The van der Waals surface area contributed by atoms with E-state index in [9.17, 15) is 4.79 Å². The van der Waals surface area contributed by atoms with Gasteiger partial charge in [0.15, 0.2) is 5.76 Å². The third-order valence-electron chi connectivity index (χ3n) is 3.72. The number of hydrogen-bond donors (Lipinski definition) is 1. The highest BCUT2D eigenvalue weighted by Gasteiger charge is 2.15. The summed E-state index contributed by atoms with van der Waals surface area (Å²) in [6.45, 7) is 3.38. The zero-order valence-electron chi connectivity index (χ0n) is 12.0. The minimum atomic E-state index is -0.212. The average Bonchev–Trinajstić information content (AvgIpc) is 3.17. The zero-order chi connectivity index (χ0) is 14.5. The first-order chi connectivity index (χ1) is 10.3. The van der Waals surface area contributed by atoms with Gasteiger partial charge in [-0.3, -0.25) is 9.69 Å². The molecule has 3 heterocycles. The summed E-state index contributed by atoms with van der Waals surface area (Å²) in [6.07, 6.45) is 5.40. The minimum Gasteiger partial charge on any atom is -0.467 e. The Hall–Kier alpha value is -2.01. The predicted octanol–water partition coefficient (Wildman–Crippen LogP) is 2.79. The minimum absolute atomic E-state index is 0.212. The second-order valence-electron chi connectivity index (χ2n) is 5.36. The molecule has 21 heavy (non-hydrogen) atoms. The molecule has 1 aliphatic rings. The van der Waals surface area contributed by atoms with Gasteiger partial charge in [-0.2, -0.15) is 0 Å². The van der Waals surface area contributed by atoms with Crippen LogP contribution in [0.25, 0.3) is 0 Å². The van der Waals surface area contributed by atoms with Crippen molar-refractivity contribution in [3.05, 3.63) is 47.8 Å². The molecule has 1 N–H and O–H groups in total. The lowest BCUT2D eigenvalue weighted by atomic mass is 10.1. The molecule has 0 bridgehead atoms. The number of nitrogens with one attached hydrogen (secondary N) is 1. The van der Waals surface area contributed by atoms with E-state index in [0.29, 0.717) is 12.3 Å². The molecular formula is C16H20N2O3. The van der Waals surface area contributed by atoms with E-state index in [2.05, 4.69) is 10.2 Å². The molecule has 112 valence electrons. The lowest BCUT2D eigenvalue weighted by molar-refractivity contribution is 0.0915. The van der Waals surface area contributed by atoms with Gasteiger partial charge in [0.25, 0.3) is 5.91 Å². The van der Waals surface area contributed by atoms with E-state index in [1.54, 1.807) is 18.4 Å². The molecule has 3 rings (SSSR count). The smallest absolute Gasteiger partial charge is 0.287 e. The van der Waals surface area contributed by atoms with E-state index in [0.717, 1.165) is 31.2 Å². The summed E-state index contributed by atoms with van der Waals surface area (Å²) in [7, 11) is 0. The van der Waals surface area contributed by atoms with Crippen LogP contribution in [0.2, 0.25) is 0 Å². The molecule has 0 unspecified atom stereocenters. The number of carbonyl (C=O) groups excluding carboxylic acids is 1. The van der Waals surface area contributed by atoms with E-state index in [-0.39, 0.29) is 5.91 Å². The van der Waals surface area contributed by atoms with Crippen molar-refractivity contribution in [3.63, 3.8) is 0 Å². The SMILES string of the molecule is O=C(NCc1ccco1)c1ccc(CN2CCCCC2)o1. The van der Waals surface area contributed by atoms with Crippen molar-refractivity contribution < 1.29 is 13.6 Å². The second-order valence-corrected chi connectivity index (χ2v) is 5.36. The molecule has 0 spiro atoms. The van der Waals surface area contributed by atoms with Gasteiger partial charge < -0.3 is 14.2 Å². The normalized spacial score (nSPS) is 16.0. The van der Waals surface area contributed by atoms with Crippen LogP contribution in [0.3, 0.4) is 0 Å². The van der Waals surface area contributed by atoms with Crippen molar-refractivity contribution in [1.29, 1.82) is 0 Å². The Morgan fingerprint density at radius 1 is 1.14 bits per heavy atom. The summed E-state index contributed by atoms with van der Waals surface area (Å²) in [5.74, 6) is 1.72. The highest BCUT2D eigenvalue weighted by atomic mass is 16.4. The summed E-state index contributed by atoms with van der Waals surface area (Å²) < 4.78 is 10.8. The Labute approximate surface area is 123 Å². The molecule has 0 radical (unpaired) electrons. The number of nitrogens with zero attached hydrogens (tertiary/aromatic N) is 1. The molecule has 2 aromatic heterocycles. The van der Waals surface area contributed by atoms with Gasteiger partial charge in [-0.05, 0) is 50.2 Å². The summed E-state index contributed by atoms with van der Waals surface area (Å²) in [6, 6.07) is 7.24. The highest BCUT2D eigenvalue weighted by molar-refractivity contribution is 5.91. The van der Waals surface area contributed by atoms with Crippen molar-refractivity contribution in [1.82, 2.24) is 10.2 Å². The third kappa shape index (κ3) is 3.76. The van der Waals surface area contributed by atoms with Gasteiger partial charge in [0, 0.05) is 0 Å². The van der Waals surface area contributed by atoms with Crippen molar-refractivity contribution >= 4 is 5.91 Å². The Bertz CT molecular complexity index is 568. The lowest BCUT2D eigenvalue weighted by Crippen LogP contribution is -2.28. The van der Waals surface area contributed by atoms with Crippen LogP contribution < -0.4 is 5.32 Å². The Balaban J connectivity index is 1.52. The average molecular weight is 288 g/mol. The third-order valence-corrected chi connectivity index (χ3v) is 3.72. The molecule has 0 aromatic carbocycles. The van der Waals surface area contributed by atoms with Gasteiger partial charge in [0.05, 0.1) is 19.4 Å². The van der Waals surface area contributed by atoms with E-state index < -0.39 is 0 Å². The van der Waals surface area contributed by atoms with E-state index in [1.807, 2.05) is 12.1 Å². The number of carbonyl (C=O) groups is 1. The largest absolute Gasteiger partial charge is 0.467 e. The summed E-state index contributed by atoms with van der Waals surface area (Å²) in [4.78, 5) is 14.4. The first-order valence-corrected chi connectivity index (χ1v) is 7.43. The molecule has 0 atom stereocenters. The quantitative estimate of drug-likeness (QED) is 0.919. The standard InChI is InChI=1S/C16H20N2O3/c19-16(17-11-13-5-4-10-20-13)15-7-6-14(21-15)12-18-8-2-1-3-9-18/h4-7,10H,1-3,8-9,11-12H2,(H,17,19). The molecule has 1 amide bonds. The van der Waals surface area contributed by atoms with Crippen molar-refractivity contribution in [3.8, 4) is 0 Å². The fraction of sp³-hybridized carbons (Fsp3) is 0.438. The molecule has 2 aromatic rings. The first-order valence-electron chi connectivity index (χ1n) is 7.43.